The fourth-order valence-corrected chi connectivity index (χ4v) is 3.03. The molecular formula is C6HCl2F3INO3S. The molecule has 0 aliphatic carbocycles. The van der Waals surface area contributed by atoms with Gasteiger partial charge in [0, 0.05) is 16.9 Å². The normalized spacial score (nSPS) is 12.6. The zero-order chi connectivity index (χ0) is 13.4. The SMILES string of the molecule is O=S(=O)(Cl)c1c(OC(F)(F)F)ncc(I)c1Cl. The predicted molar refractivity (Wildman–Crippen MR) is 61.7 cm³/mol. The molecule has 1 aromatic heterocycles. The van der Waals surface area contributed by atoms with E-state index in [1.54, 1.807) is 22.6 Å². The molecule has 1 rings (SSSR count). The minimum Gasteiger partial charge on any atom is -0.386 e. The highest BCUT2D eigenvalue weighted by atomic mass is 127. The summed E-state index contributed by atoms with van der Waals surface area (Å²) < 4.78 is 61.8. The Morgan fingerprint density at radius 1 is 1.41 bits per heavy atom. The Bertz CT molecular complexity index is 548. The topological polar surface area (TPSA) is 56.3 Å². The van der Waals surface area contributed by atoms with E-state index in [0.29, 0.717) is 0 Å². The molecule has 0 fully saturated rings. The van der Waals surface area contributed by atoms with Crippen LogP contribution in [0.4, 0.5) is 13.2 Å². The number of rotatable bonds is 2. The summed E-state index contributed by atoms with van der Waals surface area (Å²) >= 11 is 7.14. The Kier molecular flexibility index (Phi) is 4.37. The van der Waals surface area contributed by atoms with Crippen molar-refractivity contribution in [3.05, 3.63) is 14.8 Å². The largest absolute Gasteiger partial charge is 0.574 e. The molecule has 0 aliphatic rings. The number of halogens is 6. The van der Waals surface area contributed by atoms with Gasteiger partial charge in [-0.2, -0.15) is 0 Å². The van der Waals surface area contributed by atoms with Gasteiger partial charge in [-0.05, 0) is 22.6 Å². The van der Waals surface area contributed by atoms with Crippen LogP contribution in [0.5, 0.6) is 5.88 Å². The molecule has 0 aromatic carbocycles. The molecule has 1 aromatic rings. The lowest BCUT2D eigenvalue weighted by Gasteiger charge is -2.11. The third-order valence-electron chi connectivity index (χ3n) is 1.35. The maximum atomic E-state index is 12.0. The Morgan fingerprint density at radius 3 is 2.35 bits per heavy atom. The molecule has 11 heteroatoms. The summed E-state index contributed by atoms with van der Waals surface area (Å²) in [6, 6.07) is 0. The molecule has 0 radical (unpaired) electrons. The number of ether oxygens (including phenoxy) is 1. The van der Waals surface area contributed by atoms with Crippen LogP contribution in [0, 0.1) is 3.57 Å². The van der Waals surface area contributed by atoms with Crippen LogP contribution in [0.1, 0.15) is 0 Å². The summed E-state index contributed by atoms with van der Waals surface area (Å²) in [5, 5.41) is -0.477. The Hall–Kier alpha value is -0.000000000000000167. The molecule has 0 N–H and O–H groups in total. The van der Waals surface area contributed by atoms with E-state index < -0.39 is 31.2 Å². The van der Waals surface area contributed by atoms with Crippen molar-refractivity contribution >= 4 is 53.9 Å². The van der Waals surface area contributed by atoms with E-state index in [1.807, 2.05) is 0 Å². The molecule has 0 saturated carbocycles. The summed E-state index contributed by atoms with van der Waals surface area (Å²) in [7, 11) is 0.456. The highest BCUT2D eigenvalue weighted by molar-refractivity contribution is 14.1. The summed E-state index contributed by atoms with van der Waals surface area (Å²) in [6.45, 7) is 0. The lowest BCUT2D eigenvalue weighted by atomic mass is 10.5. The van der Waals surface area contributed by atoms with Gasteiger partial charge in [0.1, 0.15) is 0 Å². The maximum Gasteiger partial charge on any atom is 0.574 e. The van der Waals surface area contributed by atoms with Crippen molar-refractivity contribution in [2.45, 2.75) is 11.3 Å². The molecule has 1 heterocycles. The third-order valence-corrected chi connectivity index (χ3v) is 4.33. The Balaban J connectivity index is 3.47. The van der Waals surface area contributed by atoms with Crippen LogP contribution >= 0.6 is 44.9 Å². The number of hydrogen-bond donors (Lipinski definition) is 0. The first kappa shape index (κ1) is 15.1. The number of pyridine rings is 1. The maximum absolute atomic E-state index is 12.0. The lowest BCUT2D eigenvalue weighted by Crippen LogP contribution is -2.19. The number of aromatic nitrogens is 1. The second kappa shape index (κ2) is 4.94. The summed E-state index contributed by atoms with van der Waals surface area (Å²) in [5.74, 6) is -1.21. The van der Waals surface area contributed by atoms with E-state index in [2.05, 4.69) is 9.72 Å². The van der Waals surface area contributed by atoms with Crippen LogP contribution in [-0.4, -0.2) is 19.8 Å². The molecule has 96 valence electrons. The van der Waals surface area contributed by atoms with E-state index in [4.69, 9.17) is 22.3 Å². The van der Waals surface area contributed by atoms with E-state index in [1.165, 1.54) is 0 Å². The van der Waals surface area contributed by atoms with Gasteiger partial charge >= 0.3 is 6.36 Å². The average molecular weight is 422 g/mol. The van der Waals surface area contributed by atoms with E-state index >= 15 is 0 Å². The second-order valence-electron chi connectivity index (χ2n) is 2.54. The smallest absolute Gasteiger partial charge is 0.386 e. The molecule has 0 bridgehead atoms. The predicted octanol–water partition coefficient (Wildman–Crippen LogP) is 3.17. The van der Waals surface area contributed by atoms with Crippen molar-refractivity contribution in [2.75, 3.05) is 0 Å². The van der Waals surface area contributed by atoms with Gasteiger partial charge in [0.25, 0.3) is 9.05 Å². The van der Waals surface area contributed by atoms with Crippen molar-refractivity contribution in [3.63, 3.8) is 0 Å². The van der Waals surface area contributed by atoms with Crippen molar-refractivity contribution in [1.82, 2.24) is 4.98 Å². The van der Waals surface area contributed by atoms with Crippen LogP contribution in [0.2, 0.25) is 5.02 Å². The van der Waals surface area contributed by atoms with Gasteiger partial charge in [0.15, 0.2) is 4.90 Å². The average Bonchev–Trinajstić information content (AvgIpc) is 2.06. The van der Waals surface area contributed by atoms with Crippen molar-refractivity contribution < 1.29 is 26.3 Å². The first-order valence-corrected chi connectivity index (χ1v) is 7.33. The first-order chi connectivity index (χ1) is 7.52. The van der Waals surface area contributed by atoms with Crippen molar-refractivity contribution in [3.8, 4) is 5.88 Å². The van der Waals surface area contributed by atoms with Gasteiger partial charge in [-0.3, -0.25) is 0 Å². The highest BCUT2D eigenvalue weighted by Gasteiger charge is 2.36. The Labute approximate surface area is 117 Å². The first-order valence-electron chi connectivity index (χ1n) is 3.57. The van der Waals surface area contributed by atoms with Crippen LogP contribution in [0.25, 0.3) is 0 Å². The fourth-order valence-electron chi connectivity index (χ4n) is 0.827. The summed E-state index contributed by atoms with van der Waals surface area (Å²) in [5.41, 5.74) is 0. The van der Waals surface area contributed by atoms with Crippen LogP contribution in [-0.2, 0) is 9.05 Å². The number of nitrogens with zero attached hydrogens (tertiary/aromatic N) is 1. The molecule has 0 unspecified atom stereocenters. The van der Waals surface area contributed by atoms with Gasteiger partial charge in [-0.25, -0.2) is 13.4 Å². The van der Waals surface area contributed by atoms with Crippen molar-refractivity contribution in [2.24, 2.45) is 0 Å². The van der Waals surface area contributed by atoms with E-state index in [-0.39, 0.29) is 3.57 Å². The van der Waals surface area contributed by atoms with Gasteiger partial charge in [-0.15, -0.1) is 13.2 Å². The standard InChI is InChI=1S/C6HCl2F3INO3S/c7-3-2(12)1-13-5(16-6(9,10)11)4(3)17(8,14)15/h1H. The molecule has 0 spiro atoms. The van der Waals surface area contributed by atoms with Gasteiger partial charge in [0.05, 0.1) is 8.59 Å². The molecule has 0 saturated heterocycles. The zero-order valence-corrected chi connectivity index (χ0v) is 11.9. The summed E-state index contributed by atoms with van der Waals surface area (Å²) in [6.07, 6.45) is -4.17. The molecule has 0 aliphatic heterocycles. The number of alkyl halides is 3. The van der Waals surface area contributed by atoms with E-state index in [0.717, 1.165) is 6.20 Å². The quantitative estimate of drug-likeness (QED) is 0.543. The zero-order valence-electron chi connectivity index (χ0n) is 7.43. The fraction of sp³-hybridized carbons (Fsp3) is 0.167. The Morgan fingerprint density at radius 2 is 1.94 bits per heavy atom. The monoisotopic (exact) mass is 421 g/mol. The molecular weight excluding hydrogens is 421 g/mol. The van der Waals surface area contributed by atoms with Gasteiger partial charge in [-0.1, -0.05) is 11.6 Å². The minimum atomic E-state index is -5.10. The molecule has 0 amide bonds. The number of hydrogen-bond acceptors (Lipinski definition) is 4. The van der Waals surface area contributed by atoms with Crippen molar-refractivity contribution in [1.29, 1.82) is 0 Å². The van der Waals surface area contributed by atoms with Gasteiger partial charge < -0.3 is 4.74 Å². The highest BCUT2D eigenvalue weighted by Crippen LogP contribution is 2.37. The molecule has 17 heavy (non-hydrogen) atoms. The van der Waals surface area contributed by atoms with Crippen LogP contribution in [0.15, 0.2) is 11.1 Å². The molecule has 0 atom stereocenters. The third kappa shape index (κ3) is 4.00. The van der Waals surface area contributed by atoms with E-state index in [9.17, 15) is 21.6 Å². The minimum absolute atomic E-state index is 0.123. The lowest BCUT2D eigenvalue weighted by molar-refractivity contribution is -0.277. The second-order valence-corrected chi connectivity index (χ2v) is 6.58. The molecule has 4 nitrogen and oxygen atoms in total. The summed E-state index contributed by atoms with van der Waals surface area (Å²) in [4.78, 5) is 2.18. The van der Waals surface area contributed by atoms with Gasteiger partial charge in [0.2, 0.25) is 5.88 Å². The van der Waals surface area contributed by atoms with Crippen LogP contribution in [0.3, 0.4) is 0 Å². The van der Waals surface area contributed by atoms with Crippen LogP contribution < -0.4 is 4.74 Å².